The van der Waals surface area contributed by atoms with Gasteiger partial charge in [-0.25, -0.2) is 13.1 Å². The highest BCUT2D eigenvalue weighted by Gasteiger charge is 2.16. The number of benzene rings is 2. The summed E-state index contributed by atoms with van der Waals surface area (Å²) < 4.78 is 26.3. The van der Waals surface area contributed by atoms with Crippen LogP contribution in [-0.2, 0) is 14.8 Å². The van der Waals surface area contributed by atoms with Gasteiger partial charge in [-0.05, 0) is 24.6 Å². The van der Waals surface area contributed by atoms with Crippen LogP contribution in [0, 0.1) is 0 Å². The van der Waals surface area contributed by atoms with Gasteiger partial charge in [-0.3, -0.25) is 4.79 Å². The van der Waals surface area contributed by atoms with Crippen molar-refractivity contribution in [1.29, 1.82) is 0 Å². The molecule has 0 saturated carbocycles. The third-order valence-corrected chi connectivity index (χ3v) is 4.57. The highest BCUT2D eigenvalue weighted by atomic mass is 32.2. The lowest BCUT2D eigenvalue weighted by Crippen LogP contribution is -2.37. The summed E-state index contributed by atoms with van der Waals surface area (Å²) in [7, 11) is -3.67. The molecule has 0 aliphatic carbocycles. The summed E-state index contributed by atoms with van der Waals surface area (Å²) in [6.45, 7) is 1.55. The zero-order valence-corrected chi connectivity index (χ0v) is 13.0. The van der Waals surface area contributed by atoms with Gasteiger partial charge in [0.1, 0.15) is 0 Å². The molecular formula is C16H18N2O3S. The maximum Gasteiger partial charge on any atom is 0.241 e. The monoisotopic (exact) mass is 318 g/mol. The molecule has 0 aliphatic heterocycles. The van der Waals surface area contributed by atoms with E-state index < -0.39 is 10.0 Å². The maximum absolute atomic E-state index is 12.0. The normalized spacial score (nSPS) is 12.6. The van der Waals surface area contributed by atoms with E-state index in [9.17, 15) is 13.2 Å². The predicted octanol–water partition coefficient (Wildman–Crippen LogP) is 1.84. The summed E-state index contributed by atoms with van der Waals surface area (Å²) in [4.78, 5) is 12.0. The van der Waals surface area contributed by atoms with Gasteiger partial charge in [0.2, 0.25) is 15.9 Å². The number of carbonyl (C=O) groups is 1. The van der Waals surface area contributed by atoms with Crippen LogP contribution in [0.3, 0.4) is 0 Å². The Labute approximate surface area is 130 Å². The average molecular weight is 318 g/mol. The number of carbonyl (C=O) groups excluding carboxylic acids is 1. The molecule has 2 N–H and O–H groups in total. The molecule has 0 radical (unpaired) electrons. The molecule has 2 rings (SSSR count). The number of rotatable bonds is 6. The molecule has 1 atom stereocenters. The molecule has 2 aromatic rings. The van der Waals surface area contributed by atoms with Crippen molar-refractivity contribution in [2.75, 3.05) is 6.54 Å². The number of sulfonamides is 1. The van der Waals surface area contributed by atoms with Gasteiger partial charge in [-0.15, -0.1) is 0 Å². The van der Waals surface area contributed by atoms with E-state index >= 15 is 0 Å². The molecule has 1 unspecified atom stereocenters. The Morgan fingerprint density at radius 3 is 2.14 bits per heavy atom. The third-order valence-electron chi connectivity index (χ3n) is 3.15. The SMILES string of the molecule is CC(NC(=O)CNS(=O)(=O)c1ccccc1)c1ccccc1. The summed E-state index contributed by atoms with van der Waals surface area (Å²) in [6, 6.07) is 17.2. The number of amides is 1. The quantitative estimate of drug-likeness (QED) is 0.853. The minimum Gasteiger partial charge on any atom is -0.348 e. The fourth-order valence-electron chi connectivity index (χ4n) is 1.96. The van der Waals surface area contributed by atoms with Gasteiger partial charge in [-0.2, -0.15) is 0 Å². The van der Waals surface area contributed by atoms with Gasteiger partial charge >= 0.3 is 0 Å². The largest absolute Gasteiger partial charge is 0.348 e. The van der Waals surface area contributed by atoms with Crippen molar-refractivity contribution in [2.45, 2.75) is 17.9 Å². The van der Waals surface area contributed by atoms with Crippen LogP contribution in [0.15, 0.2) is 65.6 Å². The van der Waals surface area contributed by atoms with Crippen LogP contribution in [0.1, 0.15) is 18.5 Å². The molecule has 2 aromatic carbocycles. The van der Waals surface area contributed by atoms with Crippen LogP contribution in [0.25, 0.3) is 0 Å². The summed E-state index contributed by atoms with van der Waals surface area (Å²) in [5.74, 6) is -0.379. The lowest BCUT2D eigenvalue weighted by Gasteiger charge is -2.14. The van der Waals surface area contributed by atoms with Gasteiger partial charge in [-0.1, -0.05) is 48.5 Å². The maximum atomic E-state index is 12.0. The van der Waals surface area contributed by atoms with Crippen molar-refractivity contribution in [3.63, 3.8) is 0 Å². The highest BCUT2D eigenvalue weighted by Crippen LogP contribution is 2.11. The molecule has 22 heavy (non-hydrogen) atoms. The van der Waals surface area contributed by atoms with E-state index in [1.807, 2.05) is 37.3 Å². The van der Waals surface area contributed by atoms with Gasteiger partial charge in [0.15, 0.2) is 0 Å². The van der Waals surface area contributed by atoms with Crippen molar-refractivity contribution in [2.24, 2.45) is 0 Å². The summed E-state index contributed by atoms with van der Waals surface area (Å²) in [6.07, 6.45) is 0. The van der Waals surface area contributed by atoms with Crippen molar-refractivity contribution >= 4 is 15.9 Å². The zero-order chi connectivity index (χ0) is 16.0. The third kappa shape index (κ3) is 4.41. The Hall–Kier alpha value is -2.18. The topological polar surface area (TPSA) is 75.3 Å². The first-order chi connectivity index (χ1) is 10.5. The molecule has 0 heterocycles. The van der Waals surface area contributed by atoms with Gasteiger partial charge in [0, 0.05) is 0 Å². The van der Waals surface area contributed by atoms with Crippen LogP contribution < -0.4 is 10.0 Å². The predicted molar refractivity (Wildman–Crippen MR) is 84.6 cm³/mol. The molecule has 6 heteroatoms. The van der Waals surface area contributed by atoms with Crippen LogP contribution in [-0.4, -0.2) is 20.9 Å². The second-order valence-corrected chi connectivity index (χ2v) is 6.60. The van der Waals surface area contributed by atoms with Crippen LogP contribution in [0.4, 0.5) is 0 Å². The van der Waals surface area contributed by atoms with E-state index in [1.165, 1.54) is 12.1 Å². The van der Waals surface area contributed by atoms with E-state index in [0.717, 1.165) is 5.56 Å². The second-order valence-electron chi connectivity index (χ2n) is 4.84. The van der Waals surface area contributed by atoms with Gasteiger partial charge in [0.05, 0.1) is 17.5 Å². The van der Waals surface area contributed by atoms with Gasteiger partial charge in [0.25, 0.3) is 0 Å². The lowest BCUT2D eigenvalue weighted by molar-refractivity contribution is -0.120. The molecule has 0 spiro atoms. The minimum atomic E-state index is -3.67. The molecule has 0 bridgehead atoms. The first-order valence-electron chi connectivity index (χ1n) is 6.88. The summed E-state index contributed by atoms with van der Waals surface area (Å²) in [5.41, 5.74) is 0.960. The van der Waals surface area contributed by atoms with E-state index in [1.54, 1.807) is 18.2 Å². The summed E-state index contributed by atoms with van der Waals surface area (Å²) in [5, 5.41) is 2.75. The molecule has 0 aromatic heterocycles. The Bertz CT molecular complexity index is 716. The zero-order valence-electron chi connectivity index (χ0n) is 12.2. The summed E-state index contributed by atoms with van der Waals surface area (Å²) >= 11 is 0. The smallest absolute Gasteiger partial charge is 0.241 e. The Morgan fingerprint density at radius 1 is 1.00 bits per heavy atom. The highest BCUT2D eigenvalue weighted by molar-refractivity contribution is 7.89. The lowest BCUT2D eigenvalue weighted by atomic mass is 10.1. The Balaban J connectivity index is 1.91. The molecule has 5 nitrogen and oxygen atoms in total. The molecule has 0 aliphatic rings. The van der Waals surface area contributed by atoms with Crippen LogP contribution in [0.5, 0.6) is 0 Å². The number of hydrogen-bond donors (Lipinski definition) is 2. The fourth-order valence-corrected chi connectivity index (χ4v) is 2.96. The average Bonchev–Trinajstić information content (AvgIpc) is 2.55. The van der Waals surface area contributed by atoms with Gasteiger partial charge < -0.3 is 5.32 Å². The Morgan fingerprint density at radius 2 is 1.55 bits per heavy atom. The van der Waals surface area contributed by atoms with E-state index in [-0.39, 0.29) is 23.4 Å². The Kier molecular flexibility index (Phi) is 5.30. The first kappa shape index (κ1) is 16.2. The van der Waals surface area contributed by atoms with E-state index in [0.29, 0.717) is 0 Å². The second kappa shape index (κ2) is 7.20. The van der Waals surface area contributed by atoms with Crippen LogP contribution >= 0.6 is 0 Å². The van der Waals surface area contributed by atoms with E-state index in [2.05, 4.69) is 10.0 Å². The molecule has 1 amide bonds. The number of nitrogens with one attached hydrogen (secondary N) is 2. The molecule has 0 fully saturated rings. The van der Waals surface area contributed by atoms with Crippen molar-refractivity contribution in [3.05, 3.63) is 66.2 Å². The van der Waals surface area contributed by atoms with Crippen molar-refractivity contribution in [3.8, 4) is 0 Å². The van der Waals surface area contributed by atoms with Crippen LogP contribution in [0.2, 0.25) is 0 Å². The standard InChI is InChI=1S/C16H18N2O3S/c1-13(14-8-4-2-5-9-14)18-16(19)12-17-22(20,21)15-10-6-3-7-11-15/h2-11,13,17H,12H2,1H3,(H,18,19). The van der Waals surface area contributed by atoms with Crippen molar-refractivity contribution < 1.29 is 13.2 Å². The minimum absolute atomic E-state index is 0.138. The molecule has 0 saturated heterocycles. The first-order valence-corrected chi connectivity index (χ1v) is 8.36. The van der Waals surface area contributed by atoms with Crippen molar-refractivity contribution in [1.82, 2.24) is 10.0 Å². The fraction of sp³-hybridized carbons (Fsp3) is 0.188. The number of hydrogen-bond acceptors (Lipinski definition) is 3. The van der Waals surface area contributed by atoms with E-state index in [4.69, 9.17) is 0 Å². The molecular weight excluding hydrogens is 300 g/mol. The molecule has 116 valence electrons.